The number of aliphatic hydroxyl groups is 1. The zero-order valence-electron chi connectivity index (χ0n) is 5.00. The normalized spacial score (nSPS) is 10.1. The third-order valence-corrected chi connectivity index (χ3v) is 1.82. The molecule has 0 saturated heterocycles. The van der Waals surface area contributed by atoms with Crippen molar-refractivity contribution < 1.29 is 5.11 Å². The van der Waals surface area contributed by atoms with Crippen LogP contribution in [0.2, 0.25) is 0 Å². The van der Waals surface area contributed by atoms with Crippen LogP contribution in [0.1, 0.15) is 5.69 Å². The van der Waals surface area contributed by atoms with Crippen LogP contribution >= 0.6 is 15.9 Å². The Balaban J connectivity index is 3.07. The van der Waals surface area contributed by atoms with Gasteiger partial charge in [0.2, 0.25) is 0 Å². The van der Waals surface area contributed by atoms with Gasteiger partial charge in [0.1, 0.15) is 4.60 Å². The lowest BCUT2D eigenvalue weighted by atomic mass is 10.5. The molecule has 3 nitrogen and oxygen atoms in total. The summed E-state index contributed by atoms with van der Waals surface area (Å²) in [5, 5.41) is 8.70. The zero-order chi connectivity index (χ0) is 6.85. The predicted molar refractivity (Wildman–Crippen MR) is 36.8 cm³/mol. The number of imidazole rings is 1. The van der Waals surface area contributed by atoms with E-state index in [1.54, 1.807) is 10.9 Å². The molecule has 1 rings (SSSR count). The molecule has 9 heavy (non-hydrogen) atoms. The lowest BCUT2D eigenvalue weighted by molar-refractivity contribution is 0.272. The van der Waals surface area contributed by atoms with Gasteiger partial charge in [-0.3, -0.25) is 0 Å². The van der Waals surface area contributed by atoms with E-state index in [9.17, 15) is 0 Å². The van der Waals surface area contributed by atoms with E-state index >= 15 is 0 Å². The first-order chi connectivity index (χ1) is 4.25. The molecule has 4 heteroatoms. The molecule has 1 heterocycles. The Bertz CT molecular complexity index is 189. The molecule has 0 aliphatic heterocycles. The Labute approximate surface area is 61.5 Å². The molecular weight excluding hydrogens is 184 g/mol. The van der Waals surface area contributed by atoms with Crippen LogP contribution in [0.15, 0.2) is 10.9 Å². The summed E-state index contributed by atoms with van der Waals surface area (Å²) in [6.07, 6.45) is 1.65. The third-order valence-electron chi connectivity index (χ3n) is 1.16. The third kappa shape index (κ3) is 1.14. The minimum Gasteiger partial charge on any atom is -0.390 e. The van der Waals surface area contributed by atoms with E-state index in [0.29, 0.717) is 4.60 Å². The minimum absolute atomic E-state index is 0.0249. The van der Waals surface area contributed by atoms with Crippen molar-refractivity contribution >= 4 is 15.9 Å². The molecule has 0 spiro atoms. The van der Waals surface area contributed by atoms with Crippen molar-refractivity contribution in [2.45, 2.75) is 6.61 Å². The molecule has 0 bridgehead atoms. The monoisotopic (exact) mass is 190 g/mol. The van der Waals surface area contributed by atoms with Crippen LogP contribution in [0.5, 0.6) is 0 Å². The maximum atomic E-state index is 8.70. The van der Waals surface area contributed by atoms with Gasteiger partial charge in [-0.15, -0.1) is 0 Å². The van der Waals surface area contributed by atoms with E-state index in [1.807, 2.05) is 7.05 Å². The maximum Gasteiger partial charge on any atom is 0.129 e. The molecule has 0 aliphatic carbocycles. The molecule has 0 fully saturated rings. The summed E-state index contributed by atoms with van der Waals surface area (Å²) < 4.78 is 2.48. The highest BCUT2D eigenvalue weighted by atomic mass is 79.9. The summed E-state index contributed by atoms with van der Waals surface area (Å²) in [7, 11) is 1.84. The summed E-state index contributed by atoms with van der Waals surface area (Å²) in [6, 6.07) is 0. The second kappa shape index (κ2) is 2.49. The average molecular weight is 191 g/mol. The lowest BCUT2D eigenvalue weighted by Crippen LogP contribution is -1.93. The van der Waals surface area contributed by atoms with E-state index in [1.165, 1.54) is 0 Å². The second-order valence-electron chi connectivity index (χ2n) is 1.75. The highest BCUT2D eigenvalue weighted by Crippen LogP contribution is 2.12. The summed E-state index contributed by atoms with van der Waals surface area (Å²) in [6.45, 7) is 0.0249. The quantitative estimate of drug-likeness (QED) is 0.708. The highest BCUT2D eigenvalue weighted by molar-refractivity contribution is 9.10. The molecule has 0 saturated carbocycles. The van der Waals surface area contributed by atoms with E-state index < -0.39 is 0 Å². The first-order valence-electron chi connectivity index (χ1n) is 2.52. The van der Waals surface area contributed by atoms with Gasteiger partial charge in [0.25, 0.3) is 0 Å². The first kappa shape index (κ1) is 6.77. The molecular formula is C5H7BrN2O. The first-order valence-corrected chi connectivity index (χ1v) is 3.31. The van der Waals surface area contributed by atoms with E-state index in [2.05, 4.69) is 20.9 Å². The van der Waals surface area contributed by atoms with Crippen molar-refractivity contribution in [3.8, 4) is 0 Å². The van der Waals surface area contributed by atoms with E-state index in [0.717, 1.165) is 5.69 Å². The van der Waals surface area contributed by atoms with Crippen molar-refractivity contribution in [2.24, 2.45) is 7.05 Å². The number of halogens is 1. The van der Waals surface area contributed by atoms with Crippen LogP contribution in [-0.2, 0) is 13.7 Å². The Morgan fingerprint density at radius 3 is 2.78 bits per heavy atom. The van der Waals surface area contributed by atoms with Gasteiger partial charge in [0, 0.05) is 7.05 Å². The van der Waals surface area contributed by atoms with Gasteiger partial charge in [-0.2, -0.15) is 0 Å². The largest absolute Gasteiger partial charge is 0.390 e. The summed E-state index contributed by atoms with van der Waals surface area (Å²) in [5.74, 6) is 0. The van der Waals surface area contributed by atoms with Gasteiger partial charge in [-0.05, 0) is 15.9 Å². The minimum atomic E-state index is 0.0249. The highest BCUT2D eigenvalue weighted by Gasteiger charge is 2.01. The summed E-state index contributed by atoms with van der Waals surface area (Å²) in [5.41, 5.74) is 0.801. The SMILES string of the molecule is Cn1cnc(Br)c1CO. The van der Waals surface area contributed by atoms with Crippen LogP contribution in [0.25, 0.3) is 0 Å². The molecule has 0 amide bonds. The van der Waals surface area contributed by atoms with Crippen LogP contribution in [-0.4, -0.2) is 14.7 Å². The van der Waals surface area contributed by atoms with Crippen LogP contribution in [0, 0.1) is 0 Å². The number of aryl methyl sites for hydroxylation is 1. The number of aliphatic hydroxyl groups excluding tert-OH is 1. The molecule has 0 unspecified atom stereocenters. The molecule has 50 valence electrons. The molecule has 0 aliphatic rings. The topological polar surface area (TPSA) is 38.0 Å². The number of rotatable bonds is 1. The standard InChI is InChI=1S/C5H7BrN2O/c1-8-3-7-5(6)4(8)2-9/h3,9H,2H2,1H3. The van der Waals surface area contributed by atoms with Crippen molar-refractivity contribution in [1.29, 1.82) is 0 Å². The second-order valence-corrected chi connectivity index (χ2v) is 2.50. The van der Waals surface area contributed by atoms with Crippen molar-refractivity contribution in [3.05, 3.63) is 16.6 Å². The fourth-order valence-corrected chi connectivity index (χ4v) is 1.10. The van der Waals surface area contributed by atoms with Crippen molar-refractivity contribution in [1.82, 2.24) is 9.55 Å². The lowest BCUT2D eigenvalue weighted by Gasteiger charge is -1.94. The Hall–Kier alpha value is -0.350. The van der Waals surface area contributed by atoms with Gasteiger partial charge < -0.3 is 9.67 Å². The van der Waals surface area contributed by atoms with Crippen molar-refractivity contribution in [3.63, 3.8) is 0 Å². The van der Waals surface area contributed by atoms with Gasteiger partial charge in [0.15, 0.2) is 0 Å². The van der Waals surface area contributed by atoms with Crippen molar-refractivity contribution in [2.75, 3.05) is 0 Å². The van der Waals surface area contributed by atoms with Gasteiger partial charge >= 0.3 is 0 Å². The molecule has 0 aromatic carbocycles. The number of hydrogen-bond donors (Lipinski definition) is 1. The van der Waals surface area contributed by atoms with E-state index in [4.69, 9.17) is 5.11 Å². The van der Waals surface area contributed by atoms with Gasteiger partial charge in [-0.1, -0.05) is 0 Å². The Morgan fingerprint density at radius 1 is 1.89 bits per heavy atom. The Morgan fingerprint density at radius 2 is 2.56 bits per heavy atom. The molecule has 1 aromatic heterocycles. The molecule has 1 N–H and O–H groups in total. The van der Waals surface area contributed by atoms with Crippen LogP contribution in [0.3, 0.4) is 0 Å². The number of hydrogen-bond acceptors (Lipinski definition) is 2. The van der Waals surface area contributed by atoms with Crippen LogP contribution < -0.4 is 0 Å². The average Bonchev–Trinajstić information content (AvgIpc) is 2.12. The number of aromatic nitrogens is 2. The van der Waals surface area contributed by atoms with Gasteiger partial charge in [-0.25, -0.2) is 4.98 Å². The van der Waals surface area contributed by atoms with E-state index in [-0.39, 0.29) is 6.61 Å². The maximum absolute atomic E-state index is 8.70. The van der Waals surface area contributed by atoms with Crippen LogP contribution in [0.4, 0.5) is 0 Å². The smallest absolute Gasteiger partial charge is 0.129 e. The molecule has 0 atom stereocenters. The molecule has 0 radical (unpaired) electrons. The summed E-state index contributed by atoms with van der Waals surface area (Å²) >= 11 is 3.19. The number of nitrogens with zero attached hydrogens (tertiary/aromatic N) is 2. The van der Waals surface area contributed by atoms with Gasteiger partial charge in [0.05, 0.1) is 18.6 Å². The predicted octanol–water partition coefficient (Wildman–Crippen LogP) is 0.675. The summed E-state index contributed by atoms with van der Waals surface area (Å²) in [4.78, 5) is 3.91. The fourth-order valence-electron chi connectivity index (χ4n) is 0.604. The zero-order valence-corrected chi connectivity index (χ0v) is 6.59. The Kier molecular flexibility index (Phi) is 1.87. The molecule has 1 aromatic rings. The fraction of sp³-hybridized carbons (Fsp3) is 0.400.